The van der Waals surface area contributed by atoms with E-state index in [1.54, 1.807) is 42.5 Å². The fourth-order valence-corrected chi connectivity index (χ4v) is 5.13. The van der Waals surface area contributed by atoms with Crippen LogP contribution in [0.2, 0.25) is 0 Å². The van der Waals surface area contributed by atoms with E-state index in [1.807, 2.05) is 19.1 Å². The molecule has 1 saturated carbocycles. The average molecular weight is 427 g/mol. The van der Waals surface area contributed by atoms with Crippen LogP contribution >= 0.6 is 0 Å². The molecule has 0 bridgehead atoms. The predicted octanol–water partition coefficient (Wildman–Crippen LogP) is 4.43. The van der Waals surface area contributed by atoms with Crippen LogP contribution < -0.4 is 5.32 Å². The lowest BCUT2D eigenvalue weighted by Crippen LogP contribution is -2.36. The molecule has 1 N–H and O–H groups in total. The number of nitrogens with one attached hydrogen (secondary N) is 1. The van der Waals surface area contributed by atoms with Crippen LogP contribution in [0.5, 0.6) is 0 Å². The molecule has 2 aromatic carbocycles. The van der Waals surface area contributed by atoms with Gasteiger partial charge in [-0.2, -0.15) is 4.31 Å². The second-order valence-corrected chi connectivity index (χ2v) is 9.84. The molecular weight excluding hydrogens is 396 g/mol. The average Bonchev–Trinajstić information content (AvgIpc) is 2.75. The quantitative estimate of drug-likeness (QED) is 0.635. The molecule has 0 saturated heterocycles. The number of carbonyl (C=O) groups excluding carboxylic acids is 1. The van der Waals surface area contributed by atoms with Crippen LogP contribution in [0.15, 0.2) is 66.1 Å². The number of amides is 1. The number of hydrogen-bond acceptors (Lipinski definition) is 3. The minimum atomic E-state index is -3.64. The second-order valence-electron chi connectivity index (χ2n) is 7.90. The summed E-state index contributed by atoms with van der Waals surface area (Å²) in [5.41, 5.74) is 2.43. The number of sulfonamides is 1. The van der Waals surface area contributed by atoms with Crippen LogP contribution in [0, 0.1) is 6.92 Å². The molecule has 1 aliphatic rings. The highest BCUT2D eigenvalue weighted by Crippen LogP contribution is 2.20. The van der Waals surface area contributed by atoms with Crippen molar-refractivity contribution in [1.82, 2.24) is 9.62 Å². The number of hydrogen-bond donors (Lipinski definition) is 1. The third kappa shape index (κ3) is 5.58. The zero-order valence-electron chi connectivity index (χ0n) is 17.5. The standard InChI is InChI=1S/C24H30N2O3S/c1-3-17-26(30(28,29)23-15-9-19(2)10-16-23)18-20-11-13-21(14-12-20)24(27)25-22-7-5-4-6-8-22/h3,9-16,22H,1,4-8,17-18H2,2H3,(H,25,27). The Balaban J connectivity index is 1.70. The van der Waals surface area contributed by atoms with Crippen molar-refractivity contribution < 1.29 is 13.2 Å². The molecule has 0 aliphatic heterocycles. The van der Waals surface area contributed by atoms with Gasteiger partial charge in [0.15, 0.2) is 0 Å². The summed E-state index contributed by atoms with van der Waals surface area (Å²) in [7, 11) is -3.64. The number of aryl methyl sites for hydroxylation is 1. The third-order valence-corrected chi connectivity index (χ3v) is 7.33. The van der Waals surface area contributed by atoms with E-state index in [-0.39, 0.29) is 29.9 Å². The van der Waals surface area contributed by atoms with E-state index in [0.717, 1.165) is 24.0 Å². The van der Waals surface area contributed by atoms with Crippen molar-refractivity contribution in [3.63, 3.8) is 0 Å². The van der Waals surface area contributed by atoms with Gasteiger partial charge in [0.2, 0.25) is 10.0 Å². The fraction of sp³-hybridized carbons (Fsp3) is 0.375. The predicted molar refractivity (Wildman–Crippen MR) is 120 cm³/mol. The molecule has 1 fully saturated rings. The Kier molecular flexibility index (Phi) is 7.45. The molecule has 0 radical (unpaired) electrons. The minimum Gasteiger partial charge on any atom is -0.349 e. The molecule has 0 spiro atoms. The van der Waals surface area contributed by atoms with Crippen molar-refractivity contribution in [3.8, 4) is 0 Å². The topological polar surface area (TPSA) is 66.5 Å². The molecule has 2 aromatic rings. The lowest BCUT2D eigenvalue weighted by molar-refractivity contribution is 0.0927. The van der Waals surface area contributed by atoms with Crippen LogP contribution in [-0.4, -0.2) is 31.2 Å². The molecule has 0 atom stereocenters. The molecule has 6 heteroatoms. The first-order chi connectivity index (χ1) is 14.4. The molecule has 0 heterocycles. The summed E-state index contributed by atoms with van der Waals surface area (Å²) in [5.74, 6) is -0.0660. The summed E-state index contributed by atoms with van der Waals surface area (Å²) in [4.78, 5) is 12.8. The van der Waals surface area contributed by atoms with E-state index in [0.29, 0.717) is 5.56 Å². The van der Waals surface area contributed by atoms with Gasteiger partial charge in [0.1, 0.15) is 0 Å². The van der Waals surface area contributed by atoms with E-state index in [2.05, 4.69) is 11.9 Å². The Morgan fingerprint density at radius 2 is 1.70 bits per heavy atom. The molecular formula is C24H30N2O3S. The molecule has 160 valence electrons. The molecule has 5 nitrogen and oxygen atoms in total. The van der Waals surface area contributed by atoms with Gasteiger partial charge in [-0.15, -0.1) is 6.58 Å². The first kappa shape index (κ1) is 22.2. The molecule has 1 amide bonds. The van der Waals surface area contributed by atoms with Crippen LogP contribution in [0.1, 0.15) is 53.6 Å². The van der Waals surface area contributed by atoms with Gasteiger partial charge in [-0.05, 0) is 49.6 Å². The Bertz CT molecular complexity index is 961. The Morgan fingerprint density at radius 3 is 2.30 bits per heavy atom. The van der Waals surface area contributed by atoms with E-state index < -0.39 is 10.0 Å². The summed E-state index contributed by atoms with van der Waals surface area (Å²) in [6.45, 7) is 6.04. The van der Waals surface area contributed by atoms with Crippen molar-refractivity contribution in [1.29, 1.82) is 0 Å². The zero-order chi connectivity index (χ0) is 21.6. The van der Waals surface area contributed by atoms with Crippen LogP contribution in [-0.2, 0) is 16.6 Å². The molecule has 1 aliphatic carbocycles. The molecule has 0 aromatic heterocycles. The maximum Gasteiger partial charge on any atom is 0.251 e. The maximum absolute atomic E-state index is 13.0. The summed E-state index contributed by atoms with van der Waals surface area (Å²) in [6.07, 6.45) is 7.23. The smallest absolute Gasteiger partial charge is 0.251 e. The number of carbonyl (C=O) groups is 1. The SMILES string of the molecule is C=CCN(Cc1ccc(C(=O)NC2CCCCC2)cc1)S(=O)(=O)c1ccc(C)cc1. The van der Waals surface area contributed by atoms with E-state index >= 15 is 0 Å². The number of nitrogens with zero attached hydrogens (tertiary/aromatic N) is 1. The first-order valence-electron chi connectivity index (χ1n) is 10.5. The summed E-state index contributed by atoms with van der Waals surface area (Å²) < 4.78 is 27.5. The van der Waals surface area contributed by atoms with Crippen LogP contribution in [0.4, 0.5) is 0 Å². The van der Waals surface area contributed by atoms with Gasteiger partial charge in [-0.1, -0.05) is 55.2 Å². The highest BCUT2D eigenvalue weighted by atomic mass is 32.2. The first-order valence-corrected chi connectivity index (χ1v) is 11.9. The van der Waals surface area contributed by atoms with Crippen molar-refractivity contribution >= 4 is 15.9 Å². The minimum absolute atomic E-state index is 0.0660. The van der Waals surface area contributed by atoms with Gasteiger partial charge in [-0.3, -0.25) is 4.79 Å². The van der Waals surface area contributed by atoms with Crippen molar-refractivity contribution in [2.24, 2.45) is 0 Å². The normalized spacial score (nSPS) is 15.1. The fourth-order valence-electron chi connectivity index (χ4n) is 3.73. The Morgan fingerprint density at radius 1 is 1.07 bits per heavy atom. The maximum atomic E-state index is 13.0. The van der Waals surface area contributed by atoms with Gasteiger partial charge in [0, 0.05) is 24.7 Å². The van der Waals surface area contributed by atoms with Gasteiger partial charge in [-0.25, -0.2) is 8.42 Å². The van der Waals surface area contributed by atoms with E-state index in [4.69, 9.17) is 0 Å². The van der Waals surface area contributed by atoms with Crippen LogP contribution in [0.3, 0.4) is 0 Å². The number of benzene rings is 2. The molecule has 0 unspecified atom stereocenters. The second kappa shape index (κ2) is 10.0. The Hall–Kier alpha value is -2.44. The number of rotatable bonds is 8. The van der Waals surface area contributed by atoms with E-state index in [9.17, 15) is 13.2 Å². The van der Waals surface area contributed by atoms with Gasteiger partial charge in [0.05, 0.1) is 4.90 Å². The third-order valence-electron chi connectivity index (χ3n) is 5.51. The lowest BCUT2D eigenvalue weighted by Gasteiger charge is -2.23. The zero-order valence-corrected chi connectivity index (χ0v) is 18.3. The van der Waals surface area contributed by atoms with Crippen molar-refractivity contribution in [3.05, 3.63) is 77.9 Å². The summed E-state index contributed by atoms with van der Waals surface area (Å²) in [5, 5.41) is 3.11. The van der Waals surface area contributed by atoms with Crippen LogP contribution in [0.25, 0.3) is 0 Å². The molecule has 3 rings (SSSR count). The van der Waals surface area contributed by atoms with Gasteiger partial charge in [0.25, 0.3) is 5.91 Å². The van der Waals surface area contributed by atoms with Gasteiger partial charge >= 0.3 is 0 Å². The summed E-state index contributed by atoms with van der Waals surface area (Å²) in [6, 6.07) is 14.2. The largest absolute Gasteiger partial charge is 0.349 e. The highest BCUT2D eigenvalue weighted by Gasteiger charge is 2.24. The lowest BCUT2D eigenvalue weighted by atomic mass is 9.95. The molecule has 30 heavy (non-hydrogen) atoms. The Labute approximate surface area is 179 Å². The van der Waals surface area contributed by atoms with E-state index in [1.165, 1.54) is 23.6 Å². The monoisotopic (exact) mass is 426 g/mol. The highest BCUT2D eigenvalue weighted by molar-refractivity contribution is 7.89. The van der Waals surface area contributed by atoms with Gasteiger partial charge < -0.3 is 5.32 Å². The van der Waals surface area contributed by atoms with Crippen molar-refractivity contribution in [2.75, 3.05) is 6.54 Å². The van der Waals surface area contributed by atoms with Crippen molar-refractivity contribution in [2.45, 2.75) is 56.5 Å². The summed E-state index contributed by atoms with van der Waals surface area (Å²) >= 11 is 0.